The van der Waals surface area contributed by atoms with Crippen molar-refractivity contribution in [1.82, 2.24) is 15.2 Å². The van der Waals surface area contributed by atoms with Crippen LogP contribution in [0.2, 0.25) is 0 Å². The number of aryl methyl sites for hydroxylation is 1. The second-order valence-electron chi connectivity index (χ2n) is 14.0. The van der Waals surface area contributed by atoms with E-state index in [0.717, 1.165) is 16.7 Å². The van der Waals surface area contributed by atoms with Crippen LogP contribution in [0.3, 0.4) is 0 Å². The third kappa shape index (κ3) is 19.0. The number of fused-ring (bicyclic) bond motifs is 1. The van der Waals surface area contributed by atoms with Crippen LogP contribution in [-0.2, 0) is 59.1 Å². The molecule has 0 radical (unpaired) electrons. The fourth-order valence-corrected chi connectivity index (χ4v) is 7.22. The van der Waals surface area contributed by atoms with Crippen molar-refractivity contribution in [3.05, 3.63) is 71.4 Å². The molecule has 2 amide bonds. The number of anilines is 1. The lowest BCUT2D eigenvalue weighted by atomic mass is 10.0. The van der Waals surface area contributed by atoms with E-state index in [4.69, 9.17) is 54.1 Å². The first kappa shape index (κ1) is 50.4. The van der Waals surface area contributed by atoms with Crippen LogP contribution in [0.5, 0.6) is 5.75 Å². The minimum atomic E-state index is -3.74. The zero-order chi connectivity index (χ0) is 44.3. The van der Waals surface area contributed by atoms with Gasteiger partial charge in [0.25, 0.3) is 5.91 Å². The van der Waals surface area contributed by atoms with Gasteiger partial charge in [-0.3, -0.25) is 9.59 Å². The van der Waals surface area contributed by atoms with Crippen molar-refractivity contribution in [2.45, 2.75) is 24.8 Å². The molecule has 0 spiro atoms. The Hall–Kier alpha value is -4.28. The number of sulfone groups is 1. The van der Waals surface area contributed by atoms with Crippen LogP contribution in [0, 0.1) is 6.92 Å². The lowest BCUT2D eigenvalue weighted by Crippen LogP contribution is -2.33. The van der Waals surface area contributed by atoms with E-state index in [9.17, 15) is 18.0 Å². The van der Waals surface area contributed by atoms with E-state index in [2.05, 4.69) is 10.3 Å². The second-order valence-corrected chi connectivity index (χ2v) is 16.1. The van der Waals surface area contributed by atoms with E-state index in [-0.39, 0.29) is 42.0 Å². The number of ether oxygens (including phenoxy) is 9. The van der Waals surface area contributed by atoms with Crippen molar-refractivity contribution in [2.75, 3.05) is 143 Å². The van der Waals surface area contributed by atoms with Crippen molar-refractivity contribution < 1.29 is 60.6 Å². The number of aromatic nitrogens is 1. The number of nitrogens with two attached hydrogens (primary N) is 2. The van der Waals surface area contributed by atoms with Gasteiger partial charge in [0.2, 0.25) is 5.91 Å². The molecular weight excluding hydrogens is 827 g/mol. The number of rotatable bonds is 32. The summed E-state index contributed by atoms with van der Waals surface area (Å²) in [5.74, 6) is 0.276. The summed E-state index contributed by atoms with van der Waals surface area (Å²) in [6.07, 6.45) is 1.77. The van der Waals surface area contributed by atoms with E-state index in [1.807, 2.05) is 24.3 Å². The van der Waals surface area contributed by atoms with Gasteiger partial charge in [0.15, 0.2) is 9.84 Å². The smallest absolute Gasteiger partial charge is 0.254 e. The minimum Gasteiger partial charge on any atom is -0.491 e. The van der Waals surface area contributed by atoms with E-state index in [0.29, 0.717) is 148 Å². The highest BCUT2D eigenvalue weighted by Gasteiger charge is 2.24. The maximum atomic E-state index is 13.7. The first-order valence-corrected chi connectivity index (χ1v) is 22.5. The largest absolute Gasteiger partial charge is 0.491 e. The quantitative estimate of drug-likeness (QED) is 0.0762. The Kier molecular flexibility index (Phi) is 23.7. The zero-order valence-corrected chi connectivity index (χ0v) is 36.5. The summed E-state index contributed by atoms with van der Waals surface area (Å²) in [5, 5.41) is 2.64. The Morgan fingerprint density at radius 2 is 1.27 bits per heavy atom. The first-order chi connectivity index (χ1) is 30.2. The van der Waals surface area contributed by atoms with Crippen LogP contribution in [0.1, 0.15) is 27.9 Å². The molecule has 5 N–H and O–H groups in total. The van der Waals surface area contributed by atoms with Gasteiger partial charge in [0.1, 0.15) is 18.2 Å². The number of carbonyl (C=O) groups excluding carboxylic acids is 2. The molecule has 1 aliphatic heterocycles. The molecule has 1 aromatic heterocycles. The van der Waals surface area contributed by atoms with Crippen LogP contribution in [0.25, 0.3) is 11.1 Å². The fraction of sp³-hybridized carbons (Fsp3) is 0.558. The minimum absolute atomic E-state index is 0.0647. The zero-order valence-electron chi connectivity index (χ0n) is 35.7. The molecule has 2 heterocycles. The average molecular weight is 890 g/mol. The molecule has 0 saturated heterocycles. The third-order valence-corrected chi connectivity index (χ3v) is 11.0. The molecule has 2 aromatic carbocycles. The monoisotopic (exact) mass is 889 g/mol. The van der Waals surface area contributed by atoms with Crippen LogP contribution < -0.4 is 21.5 Å². The van der Waals surface area contributed by atoms with E-state index < -0.39 is 9.84 Å². The van der Waals surface area contributed by atoms with Crippen molar-refractivity contribution in [1.29, 1.82) is 0 Å². The van der Waals surface area contributed by atoms with Gasteiger partial charge in [0.05, 0.1) is 123 Å². The van der Waals surface area contributed by atoms with Gasteiger partial charge in [-0.05, 0) is 60.5 Å². The number of hydrogen-bond donors (Lipinski definition) is 3. The molecule has 4 rings (SSSR count). The Morgan fingerprint density at radius 1 is 0.726 bits per heavy atom. The number of pyridine rings is 1. The number of carbonyl (C=O) groups is 2. The maximum absolute atomic E-state index is 13.7. The molecule has 0 bridgehead atoms. The van der Waals surface area contributed by atoms with Crippen LogP contribution in [0.4, 0.5) is 5.82 Å². The summed E-state index contributed by atoms with van der Waals surface area (Å²) >= 11 is 0. The Bertz CT molecular complexity index is 1870. The second kappa shape index (κ2) is 29.2. The Balaban J connectivity index is 0.989. The molecule has 1 aliphatic rings. The van der Waals surface area contributed by atoms with Gasteiger partial charge < -0.3 is 64.3 Å². The molecule has 19 heteroatoms. The summed E-state index contributed by atoms with van der Waals surface area (Å²) in [6.45, 7) is 10.1. The first-order valence-electron chi connectivity index (χ1n) is 20.9. The lowest BCUT2D eigenvalue weighted by Gasteiger charge is -2.21. The number of hydrogen-bond acceptors (Lipinski definition) is 16. The van der Waals surface area contributed by atoms with Crippen LogP contribution in [-0.4, -0.2) is 168 Å². The molecule has 0 unspecified atom stereocenters. The number of nitrogen functional groups attached to an aromatic ring is 1. The summed E-state index contributed by atoms with van der Waals surface area (Å²) in [6, 6.07) is 13.9. The topological polar surface area (TPSA) is 232 Å². The summed E-state index contributed by atoms with van der Waals surface area (Å²) in [4.78, 5) is 31.9. The van der Waals surface area contributed by atoms with Gasteiger partial charge in [0, 0.05) is 48.9 Å². The van der Waals surface area contributed by atoms with E-state index in [1.165, 1.54) is 12.1 Å². The van der Waals surface area contributed by atoms with Gasteiger partial charge in [-0.2, -0.15) is 0 Å². The average Bonchev–Trinajstić information content (AvgIpc) is 3.48. The SMILES string of the molecule is Cc1cc(S(=O)(=O)CCNC(=O)CCOCCOCCOCCOCCOCCOCCOCCOCCN)ccc1C(=O)N1CCOc2ccc(-c3ccc(N)nc3)cc2C1. The number of benzene rings is 2. The maximum Gasteiger partial charge on any atom is 0.254 e. The standard InChI is InChI=1S/C43H63N5O13S/c1-34-30-38(4-5-39(34)43(50)48-11-14-61-40-6-2-35(31-37(40)33-48)36-3-7-41(45)47-32-36)62(51,52)29-10-46-42(49)8-12-53-15-17-55-19-21-57-23-25-59-27-28-60-26-24-58-22-20-56-18-16-54-13-9-44/h2-7,30-32H,8-29,33,44H2,1H3,(H2,45,47)(H,46,49). The van der Waals surface area contributed by atoms with Crippen LogP contribution >= 0.6 is 0 Å². The Morgan fingerprint density at radius 3 is 1.81 bits per heavy atom. The molecule has 0 fully saturated rings. The molecule has 62 heavy (non-hydrogen) atoms. The van der Waals surface area contributed by atoms with Crippen molar-refractivity contribution >= 4 is 27.5 Å². The predicted molar refractivity (Wildman–Crippen MR) is 231 cm³/mol. The van der Waals surface area contributed by atoms with Crippen molar-refractivity contribution in [3.8, 4) is 16.9 Å². The molecule has 0 saturated carbocycles. The van der Waals surface area contributed by atoms with Crippen molar-refractivity contribution in [2.24, 2.45) is 5.73 Å². The molecule has 0 atom stereocenters. The van der Waals surface area contributed by atoms with Gasteiger partial charge >= 0.3 is 0 Å². The molecular formula is C43H63N5O13S. The molecule has 18 nitrogen and oxygen atoms in total. The van der Waals surface area contributed by atoms with Gasteiger partial charge in [-0.25, -0.2) is 13.4 Å². The highest BCUT2D eigenvalue weighted by molar-refractivity contribution is 7.91. The van der Waals surface area contributed by atoms with Gasteiger partial charge in [-0.15, -0.1) is 0 Å². The summed E-state index contributed by atoms with van der Waals surface area (Å²) < 4.78 is 75.6. The van der Waals surface area contributed by atoms with Crippen LogP contribution in [0.15, 0.2) is 59.6 Å². The molecule has 344 valence electrons. The fourth-order valence-electron chi connectivity index (χ4n) is 5.98. The number of amides is 2. The molecule has 3 aromatic rings. The van der Waals surface area contributed by atoms with Gasteiger partial charge in [-0.1, -0.05) is 6.07 Å². The highest BCUT2D eigenvalue weighted by Crippen LogP contribution is 2.30. The van der Waals surface area contributed by atoms with E-state index >= 15 is 0 Å². The lowest BCUT2D eigenvalue weighted by molar-refractivity contribution is -0.122. The Labute approximate surface area is 364 Å². The predicted octanol–water partition coefficient (Wildman–Crippen LogP) is 2.05. The summed E-state index contributed by atoms with van der Waals surface area (Å²) in [7, 11) is -3.74. The number of nitrogens with one attached hydrogen (secondary N) is 1. The summed E-state index contributed by atoms with van der Waals surface area (Å²) in [5.41, 5.74) is 14.7. The van der Waals surface area contributed by atoms with E-state index in [1.54, 1.807) is 30.2 Å². The molecule has 0 aliphatic carbocycles. The third-order valence-electron chi connectivity index (χ3n) is 9.27. The number of nitrogens with zero attached hydrogens (tertiary/aromatic N) is 2. The normalized spacial score (nSPS) is 12.8. The highest BCUT2D eigenvalue weighted by atomic mass is 32.2. The van der Waals surface area contributed by atoms with Crippen molar-refractivity contribution in [3.63, 3.8) is 0 Å².